The lowest BCUT2D eigenvalue weighted by atomic mass is 10.2. The van der Waals surface area contributed by atoms with Gasteiger partial charge < -0.3 is 9.64 Å². The third-order valence-corrected chi connectivity index (χ3v) is 3.74. The van der Waals surface area contributed by atoms with Crippen LogP contribution in [0.25, 0.3) is 11.3 Å². The predicted molar refractivity (Wildman–Crippen MR) is 97.9 cm³/mol. The number of aromatic nitrogens is 1. The second kappa shape index (κ2) is 11.2. The molecule has 1 aliphatic heterocycles. The number of rotatable bonds is 2. The topological polar surface area (TPSA) is 25.4 Å². The molecule has 0 amide bonds. The van der Waals surface area contributed by atoms with Crippen molar-refractivity contribution in [1.29, 1.82) is 0 Å². The van der Waals surface area contributed by atoms with E-state index in [-0.39, 0.29) is 0 Å². The maximum atomic E-state index is 5.35. The van der Waals surface area contributed by atoms with Crippen molar-refractivity contribution >= 4 is 16.5 Å². The Hall–Kier alpha value is -1.39. The van der Waals surface area contributed by atoms with Gasteiger partial charge in [0.25, 0.3) is 0 Å². The van der Waals surface area contributed by atoms with Crippen molar-refractivity contribution in [2.75, 3.05) is 31.2 Å². The number of nitrogens with zero attached hydrogens (tertiary/aromatic N) is 2. The third kappa shape index (κ3) is 5.78. The summed E-state index contributed by atoms with van der Waals surface area (Å²) in [6.45, 7) is 11.8. The van der Waals surface area contributed by atoms with E-state index in [1.54, 1.807) is 11.3 Å². The van der Waals surface area contributed by atoms with E-state index in [0.29, 0.717) is 0 Å². The SMILES string of the molecule is CC.CCC.c1ccc(-c2csc(N3CCOCC3)n2)cc1. The molecule has 1 aromatic carbocycles. The molecule has 1 saturated heterocycles. The van der Waals surface area contributed by atoms with Crippen molar-refractivity contribution in [3.8, 4) is 11.3 Å². The molecule has 1 fully saturated rings. The van der Waals surface area contributed by atoms with E-state index in [0.717, 1.165) is 37.1 Å². The highest BCUT2D eigenvalue weighted by atomic mass is 32.1. The lowest BCUT2D eigenvalue weighted by Gasteiger charge is -2.26. The lowest BCUT2D eigenvalue weighted by Crippen LogP contribution is -2.36. The highest BCUT2D eigenvalue weighted by molar-refractivity contribution is 7.14. The van der Waals surface area contributed by atoms with E-state index in [4.69, 9.17) is 9.72 Å². The van der Waals surface area contributed by atoms with Crippen LogP contribution in [0.1, 0.15) is 34.1 Å². The number of hydrogen-bond acceptors (Lipinski definition) is 4. The van der Waals surface area contributed by atoms with Crippen LogP contribution in [0.15, 0.2) is 35.7 Å². The number of thiazole rings is 1. The summed E-state index contributed by atoms with van der Waals surface area (Å²) in [5.74, 6) is 0. The molecule has 4 heteroatoms. The van der Waals surface area contributed by atoms with Gasteiger partial charge in [0.1, 0.15) is 0 Å². The van der Waals surface area contributed by atoms with E-state index in [1.807, 2.05) is 32.0 Å². The molecule has 2 heterocycles. The van der Waals surface area contributed by atoms with Gasteiger partial charge in [0, 0.05) is 24.0 Å². The van der Waals surface area contributed by atoms with E-state index < -0.39 is 0 Å². The van der Waals surface area contributed by atoms with Gasteiger partial charge in [-0.3, -0.25) is 0 Å². The Morgan fingerprint density at radius 3 is 2.27 bits per heavy atom. The first kappa shape index (κ1) is 18.7. The van der Waals surface area contributed by atoms with Gasteiger partial charge >= 0.3 is 0 Å². The Morgan fingerprint density at radius 2 is 1.68 bits per heavy atom. The molecule has 0 aliphatic carbocycles. The van der Waals surface area contributed by atoms with Gasteiger partial charge in [-0.15, -0.1) is 11.3 Å². The fourth-order valence-corrected chi connectivity index (χ4v) is 2.79. The van der Waals surface area contributed by atoms with E-state index in [1.165, 1.54) is 12.0 Å². The van der Waals surface area contributed by atoms with Crippen LogP contribution in [-0.4, -0.2) is 31.3 Å². The zero-order chi connectivity index (χ0) is 16.2. The van der Waals surface area contributed by atoms with Gasteiger partial charge in [0.2, 0.25) is 0 Å². The van der Waals surface area contributed by atoms with Crippen molar-refractivity contribution in [2.45, 2.75) is 34.1 Å². The summed E-state index contributed by atoms with van der Waals surface area (Å²) < 4.78 is 5.35. The first-order valence-corrected chi connectivity index (χ1v) is 9.06. The molecule has 1 aliphatic rings. The van der Waals surface area contributed by atoms with Crippen molar-refractivity contribution in [3.63, 3.8) is 0 Å². The Labute approximate surface area is 139 Å². The van der Waals surface area contributed by atoms with E-state index in [2.05, 4.69) is 36.3 Å². The molecule has 0 saturated carbocycles. The standard InChI is InChI=1S/C13H14N2OS.C3H8.C2H6/c1-2-4-11(5-3-1)12-10-17-13(14-12)15-6-8-16-9-7-15;1-3-2;1-2/h1-5,10H,6-9H2;3H2,1-2H3;1-2H3. The molecule has 2 aromatic rings. The molecule has 1 aromatic heterocycles. The molecule has 3 nitrogen and oxygen atoms in total. The molecular formula is C18H28N2OS. The lowest BCUT2D eigenvalue weighted by molar-refractivity contribution is 0.122. The Bertz CT molecular complexity index is 493. The second-order valence-electron chi connectivity index (χ2n) is 4.69. The van der Waals surface area contributed by atoms with Crippen LogP contribution in [0.4, 0.5) is 5.13 Å². The zero-order valence-electron chi connectivity index (χ0n) is 14.2. The number of benzene rings is 1. The highest BCUT2D eigenvalue weighted by Crippen LogP contribution is 2.27. The first-order valence-electron chi connectivity index (χ1n) is 8.18. The quantitative estimate of drug-likeness (QED) is 0.770. The van der Waals surface area contributed by atoms with Crippen LogP contribution in [0.5, 0.6) is 0 Å². The molecule has 22 heavy (non-hydrogen) atoms. The third-order valence-electron chi connectivity index (χ3n) is 2.84. The van der Waals surface area contributed by atoms with Gasteiger partial charge in [-0.2, -0.15) is 0 Å². The van der Waals surface area contributed by atoms with E-state index in [9.17, 15) is 0 Å². The van der Waals surface area contributed by atoms with Crippen molar-refractivity contribution in [2.24, 2.45) is 0 Å². The van der Waals surface area contributed by atoms with Gasteiger partial charge in [-0.05, 0) is 0 Å². The van der Waals surface area contributed by atoms with Gasteiger partial charge in [-0.25, -0.2) is 4.98 Å². The van der Waals surface area contributed by atoms with Gasteiger partial charge in [-0.1, -0.05) is 64.4 Å². The monoisotopic (exact) mass is 320 g/mol. The molecule has 0 bridgehead atoms. The molecule has 122 valence electrons. The Kier molecular flexibility index (Phi) is 9.51. The normalized spacial score (nSPS) is 13.5. The minimum atomic E-state index is 0.806. The summed E-state index contributed by atoms with van der Waals surface area (Å²) in [4.78, 5) is 6.99. The maximum Gasteiger partial charge on any atom is 0.186 e. The van der Waals surface area contributed by atoms with Crippen molar-refractivity contribution in [1.82, 2.24) is 4.98 Å². The summed E-state index contributed by atoms with van der Waals surface area (Å²) in [6, 6.07) is 10.3. The smallest absolute Gasteiger partial charge is 0.186 e. The Balaban J connectivity index is 0.000000435. The predicted octanol–water partition coefficient (Wildman–Crippen LogP) is 5.09. The number of hydrogen-bond donors (Lipinski definition) is 0. The molecule has 0 spiro atoms. The average Bonchev–Trinajstić information content (AvgIpc) is 3.09. The molecule has 0 N–H and O–H groups in total. The summed E-state index contributed by atoms with van der Waals surface area (Å²) in [6.07, 6.45) is 1.25. The summed E-state index contributed by atoms with van der Waals surface area (Å²) >= 11 is 1.71. The van der Waals surface area contributed by atoms with Crippen LogP contribution < -0.4 is 4.90 Å². The van der Waals surface area contributed by atoms with Crippen molar-refractivity contribution in [3.05, 3.63) is 35.7 Å². The largest absolute Gasteiger partial charge is 0.378 e. The minimum Gasteiger partial charge on any atom is -0.378 e. The van der Waals surface area contributed by atoms with E-state index >= 15 is 0 Å². The first-order chi connectivity index (χ1) is 10.8. The molecule has 3 rings (SSSR count). The summed E-state index contributed by atoms with van der Waals surface area (Å²) in [7, 11) is 0. The molecule has 0 radical (unpaired) electrons. The number of anilines is 1. The number of morpholine rings is 1. The number of ether oxygens (including phenoxy) is 1. The Morgan fingerprint density at radius 1 is 1.09 bits per heavy atom. The average molecular weight is 321 g/mol. The van der Waals surface area contributed by atoms with Crippen LogP contribution in [0.2, 0.25) is 0 Å². The summed E-state index contributed by atoms with van der Waals surface area (Å²) in [5.41, 5.74) is 2.25. The molecular weight excluding hydrogens is 292 g/mol. The van der Waals surface area contributed by atoms with Crippen LogP contribution in [-0.2, 0) is 4.74 Å². The second-order valence-corrected chi connectivity index (χ2v) is 5.52. The fourth-order valence-electron chi connectivity index (χ4n) is 1.91. The van der Waals surface area contributed by atoms with Gasteiger partial charge in [0.15, 0.2) is 5.13 Å². The highest BCUT2D eigenvalue weighted by Gasteiger charge is 2.14. The van der Waals surface area contributed by atoms with Crippen LogP contribution >= 0.6 is 11.3 Å². The molecule has 0 unspecified atom stereocenters. The van der Waals surface area contributed by atoms with Crippen molar-refractivity contribution < 1.29 is 4.74 Å². The fraction of sp³-hybridized carbons (Fsp3) is 0.500. The molecule has 0 atom stereocenters. The van der Waals surface area contributed by atoms with Gasteiger partial charge in [0.05, 0.1) is 18.9 Å². The zero-order valence-corrected chi connectivity index (χ0v) is 15.0. The van der Waals surface area contributed by atoms with Crippen LogP contribution in [0, 0.1) is 0 Å². The van der Waals surface area contributed by atoms with Crippen LogP contribution in [0.3, 0.4) is 0 Å². The minimum absolute atomic E-state index is 0.806. The maximum absolute atomic E-state index is 5.35. The summed E-state index contributed by atoms with van der Waals surface area (Å²) in [5, 5.41) is 3.23.